The van der Waals surface area contributed by atoms with Crippen LogP contribution in [0.15, 0.2) is 54.6 Å². The summed E-state index contributed by atoms with van der Waals surface area (Å²) in [4.78, 5) is 11.9. The van der Waals surface area contributed by atoms with Gasteiger partial charge in [0.15, 0.2) is 6.10 Å². The first-order valence-electron chi connectivity index (χ1n) is 6.62. The topological polar surface area (TPSA) is 44.8 Å². The summed E-state index contributed by atoms with van der Waals surface area (Å²) in [6, 6.07) is 16.8. The van der Waals surface area contributed by atoms with Gasteiger partial charge in [0, 0.05) is 5.56 Å². The molecule has 0 unspecified atom stereocenters. The van der Waals surface area contributed by atoms with Crippen LogP contribution in [0.25, 0.3) is 0 Å². The van der Waals surface area contributed by atoms with Crippen LogP contribution >= 0.6 is 0 Å². The molecule has 0 aliphatic carbocycles. The van der Waals surface area contributed by atoms with Gasteiger partial charge in [0.25, 0.3) is 0 Å². The number of rotatable bonds is 6. The number of hydrogen-bond acceptors (Lipinski definition) is 4. The van der Waals surface area contributed by atoms with Crippen molar-refractivity contribution in [1.29, 1.82) is 0 Å². The zero-order valence-electron chi connectivity index (χ0n) is 12.1. The Labute approximate surface area is 124 Å². The van der Waals surface area contributed by atoms with Crippen molar-refractivity contribution in [3.63, 3.8) is 0 Å². The van der Waals surface area contributed by atoms with E-state index >= 15 is 0 Å². The minimum atomic E-state index is -0.749. The van der Waals surface area contributed by atoms with Crippen molar-refractivity contribution >= 4 is 5.97 Å². The summed E-state index contributed by atoms with van der Waals surface area (Å²) in [5.41, 5.74) is 1.64. The summed E-state index contributed by atoms with van der Waals surface area (Å²) >= 11 is 0. The molecule has 110 valence electrons. The lowest BCUT2D eigenvalue weighted by molar-refractivity contribution is -0.155. The van der Waals surface area contributed by atoms with Gasteiger partial charge in [-0.1, -0.05) is 48.5 Å². The number of carbonyl (C=O) groups is 1. The molecule has 0 heterocycles. The molecule has 0 bridgehead atoms. The van der Waals surface area contributed by atoms with Gasteiger partial charge in [0.05, 0.1) is 20.8 Å². The van der Waals surface area contributed by atoms with Gasteiger partial charge in [0.2, 0.25) is 0 Å². The van der Waals surface area contributed by atoms with Crippen molar-refractivity contribution in [2.45, 2.75) is 12.7 Å². The Morgan fingerprint density at radius 3 is 2.33 bits per heavy atom. The second-order valence-electron chi connectivity index (χ2n) is 4.44. The Hall–Kier alpha value is -2.33. The summed E-state index contributed by atoms with van der Waals surface area (Å²) in [6.45, 7) is 0.263. The Bertz CT molecular complexity index is 580. The van der Waals surface area contributed by atoms with Crippen LogP contribution in [0, 0.1) is 0 Å². The smallest absolute Gasteiger partial charge is 0.339 e. The van der Waals surface area contributed by atoms with Crippen molar-refractivity contribution in [3.05, 3.63) is 65.7 Å². The summed E-state index contributed by atoms with van der Waals surface area (Å²) in [7, 11) is 2.96. The third-order valence-corrected chi connectivity index (χ3v) is 3.12. The van der Waals surface area contributed by atoms with Crippen molar-refractivity contribution in [1.82, 2.24) is 0 Å². The summed E-state index contributed by atoms with van der Waals surface area (Å²) in [5, 5.41) is 0. The predicted molar refractivity (Wildman–Crippen MR) is 79.0 cm³/mol. The highest BCUT2D eigenvalue weighted by molar-refractivity contribution is 5.76. The average molecular weight is 286 g/mol. The second kappa shape index (κ2) is 7.45. The van der Waals surface area contributed by atoms with E-state index < -0.39 is 12.1 Å². The fraction of sp³-hybridized carbons (Fsp3) is 0.235. The van der Waals surface area contributed by atoms with Gasteiger partial charge in [0.1, 0.15) is 5.75 Å². The van der Waals surface area contributed by atoms with Crippen LogP contribution in [0.3, 0.4) is 0 Å². The molecule has 0 radical (unpaired) electrons. The zero-order chi connectivity index (χ0) is 15.1. The molecule has 0 aliphatic heterocycles. The van der Waals surface area contributed by atoms with Crippen molar-refractivity contribution in [2.75, 3.05) is 14.2 Å². The number of hydrogen-bond donors (Lipinski definition) is 0. The van der Waals surface area contributed by atoms with Crippen molar-refractivity contribution in [3.8, 4) is 5.75 Å². The van der Waals surface area contributed by atoms with Crippen LogP contribution < -0.4 is 4.74 Å². The van der Waals surface area contributed by atoms with E-state index in [-0.39, 0.29) is 6.61 Å². The molecule has 2 aromatic rings. The third kappa shape index (κ3) is 3.83. The molecule has 4 heteroatoms. The van der Waals surface area contributed by atoms with Gasteiger partial charge < -0.3 is 14.2 Å². The standard InChI is InChI=1S/C17H18O4/c1-19-15-11-7-6-10-14(15)12-21-16(17(18)20-2)13-8-4-3-5-9-13/h3-11,16H,12H2,1-2H3/t16-/m1/s1. The molecular formula is C17H18O4. The van der Waals surface area contributed by atoms with Crippen molar-refractivity contribution < 1.29 is 19.0 Å². The molecule has 0 aromatic heterocycles. The van der Waals surface area contributed by atoms with Crippen LogP contribution in [0.2, 0.25) is 0 Å². The molecule has 0 amide bonds. The number of ether oxygens (including phenoxy) is 3. The van der Waals surface area contributed by atoms with Gasteiger partial charge >= 0.3 is 5.97 Å². The molecule has 0 saturated carbocycles. The number of methoxy groups -OCH3 is 2. The van der Waals surface area contributed by atoms with Crippen LogP contribution in [0.1, 0.15) is 17.2 Å². The predicted octanol–water partition coefficient (Wildman–Crippen LogP) is 3.13. The molecule has 0 aliphatic rings. The second-order valence-corrected chi connectivity index (χ2v) is 4.44. The van der Waals surface area contributed by atoms with Crippen molar-refractivity contribution in [2.24, 2.45) is 0 Å². The SMILES string of the molecule is COC(=O)[C@H](OCc1ccccc1OC)c1ccccc1. The van der Waals surface area contributed by atoms with Gasteiger partial charge in [-0.05, 0) is 11.6 Å². The third-order valence-electron chi connectivity index (χ3n) is 3.12. The van der Waals surface area contributed by atoms with E-state index in [1.165, 1.54) is 7.11 Å². The van der Waals surface area contributed by atoms with E-state index in [2.05, 4.69) is 0 Å². The average Bonchev–Trinajstić information content (AvgIpc) is 2.56. The lowest BCUT2D eigenvalue weighted by atomic mass is 10.1. The van der Waals surface area contributed by atoms with E-state index in [4.69, 9.17) is 14.2 Å². The maximum absolute atomic E-state index is 11.9. The van der Waals surface area contributed by atoms with E-state index in [9.17, 15) is 4.79 Å². The molecule has 4 nitrogen and oxygen atoms in total. The fourth-order valence-electron chi connectivity index (χ4n) is 2.03. The summed E-state index contributed by atoms with van der Waals surface area (Å²) in [5.74, 6) is 0.310. The highest BCUT2D eigenvalue weighted by atomic mass is 16.6. The monoisotopic (exact) mass is 286 g/mol. The molecule has 0 fully saturated rings. The minimum Gasteiger partial charge on any atom is -0.496 e. The normalized spacial score (nSPS) is 11.7. The maximum Gasteiger partial charge on any atom is 0.339 e. The maximum atomic E-state index is 11.9. The Morgan fingerprint density at radius 1 is 1.00 bits per heavy atom. The Kier molecular flexibility index (Phi) is 5.35. The van der Waals surface area contributed by atoms with E-state index in [0.29, 0.717) is 0 Å². The summed E-state index contributed by atoms with van der Waals surface area (Å²) in [6.07, 6.45) is -0.749. The first-order valence-corrected chi connectivity index (χ1v) is 6.62. The number of carbonyl (C=O) groups excluding carboxylic acids is 1. The number of benzene rings is 2. The molecule has 0 N–H and O–H groups in total. The first-order chi connectivity index (χ1) is 10.3. The van der Waals surface area contributed by atoms with E-state index in [1.54, 1.807) is 7.11 Å². The fourth-order valence-corrected chi connectivity index (χ4v) is 2.03. The van der Waals surface area contributed by atoms with Gasteiger partial charge in [-0.25, -0.2) is 4.79 Å². The number of para-hydroxylation sites is 1. The molecule has 0 spiro atoms. The molecule has 1 atom stereocenters. The molecule has 0 saturated heterocycles. The van der Waals surface area contributed by atoms with Gasteiger partial charge in [-0.3, -0.25) is 0 Å². The van der Waals surface area contributed by atoms with Crippen LogP contribution in [-0.2, 0) is 20.9 Å². The molecule has 2 rings (SSSR count). The molecule has 21 heavy (non-hydrogen) atoms. The quantitative estimate of drug-likeness (QED) is 0.765. The molecular weight excluding hydrogens is 268 g/mol. The van der Waals surface area contributed by atoms with Crippen LogP contribution in [0.4, 0.5) is 0 Å². The number of esters is 1. The minimum absolute atomic E-state index is 0.263. The Balaban J connectivity index is 2.15. The summed E-state index contributed by atoms with van der Waals surface area (Å²) < 4.78 is 15.8. The van der Waals surface area contributed by atoms with Gasteiger partial charge in [-0.15, -0.1) is 0 Å². The zero-order valence-corrected chi connectivity index (χ0v) is 12.1. The highest BCUT2D eigenvalue weighted by Crippen LogP contribution is 2.24. The lowest BCUT2D eigenvalue weighted by Crippen LogP contribution is -2.17. The Morgan fingerprint density at radius 2 is 1.67 bits per heavy atom. The van der Waals surface area contributed by atoms with Crippen LogP contribution in [0.5, 0.6) is 5.75 Å². The lowest BCUT2D eigenvalue weighted by Gasteiger charge is -2.17. The van der Waals surface area contributed by atoms with E-state index in [1.807, 2.05) is 54.6 Å². The van der Waals surface area contributed by atoms with Crippen LogP contribution in [-0.4, -0.2) is 20.2 Å². The molecule has 2 aromatic carbocycles. The van der Waals surface area contributed by atoms with E-state index in [0.717, 1.165) is 16.9 Å². The van der Waals surface area contributed by atoms with Gasteiger partial charge in [-0.2, -0.15) is 0 Å². The first kappa shape index (κ1) is 15.1. The largest absolute Gasteiger partial charge is 0.496 e. The highest BCUT2D eigenvalue weighted by Gasteiger charge is 2.22.